The Hall–Kier alpha value is -3.21. The molecular weight excluding hydrogens is 482 g/mol. The van der Waals surface area contributed by atoms with Crippen LogP contribution in [0, 0.1) is 13.8 Å². The van der Waals surface area contributed by atoms with Crippen molar-refractivity contribution in [2.75, 3.05) is 19.6 Å². The molecule has 2 aromatic carbocycles. The zero-order valence-electron chi connectivity index (χ0n) is 20.7. The van der Waals surface area contributed by atoms with Crippen molar-refractivity contribution in [1.82, 2.24) is 13.6 Å². The van der Waals surface area contributed by atoms with Crippen LogP contribution in [0.2, 0.25) is 0 Å². The first-order valence-electron chi connectivity index (χ1n) is 11.9. The van der Waals surface area contributed by atoms with Gasteiger partial charge in [-0.25, -0.2) is 4.98 Å². The number of hydrogen-bond donors (Lipinski definition) is 1. The summed E-state index contributed by atoms with van der Waals surface area (Å²) in [5.74, 6) is -0.278. The molecule has 4 rings (SSSR count). The molecule has 1 unspecified atom stereocenters. The number of carbonyl (C=O) groups is 1. The number of rotatable bonds is 10. The highest BCUT2D eigenvalue weighted by Gasteiger charge is 2.37. The second-order valence-corrected chi connectivity index (χ2v) is 10.9. The molecule has 0 aliphatic carbocycles. The van der Waals surface area contributed by atoms with Crippen LogP contribution in [-0.4, -0.2) is 52.7 Å². The molecule has 3 aromatic rings. The Morgan fingerprint density at radius 3 is 2.58 bits per heavy atom. The Labute approximate surface area is 211 Å². The smallest absolute Gasteiger partial charge is 0.318 e. The van der Waals surface area contributed by atoms with E-state index in [2.05, 4.69) is 4.98 Å². The minimum absolute atomic E-state index is 0.107. The molecule has 9 nitrogen and oxygen atoms in total. The molecule has 1 aliphatic rings. The summed E-state index contributed by atoms with van der Waals surface area (Å²) in [5.41, 5.74) is 4.34. The van der Waals surface area contributed by atoms with E-state index in [0.717, 1.165) is 28.3 Å². The van der Waals surface area contributed by atoms with E-state index >= 15 is 0 Å². The zero-order valence-corrected chi connectivity index (χ0v) is 21.5. The van der Waals surface area contributed by atoms with Gasteiger partial charge in [-0.15, -0.1) is 0 Å². The Bertz CT molecular complexity index is 1330. The van der Waals surface area contributed by atoms with E-state index in [1.165, 1.54) is 16.1 Å². The lowest BCUT2D eigenvalue weighted by Crippen LogP contribution is -2.46. The molecule has 192 valence electrons. The van der Waals surface area contributed by atoms with E-state index < -0.39 is 28.8 Å². The third-order valence-electron chi connectivity index (χ3n) is 6.46. The van der Waals surface area contributed by atoms with E-state index in [0.29, 0.717) is 36.0 Å². The van der Waals surface area contributed by atoms with Crippen LogP contribution >= 0.6 is 0 Å². The van der Waals surface area contributed by atoms with Crippen LogP contribution in [0.3, 0.4) is 0 Å². The summed E-state index contributed by atoms with van der Waals surface area (Å²) in [6, 6.07) is 12.3. The Morgan fingerprint density at radius 2 is 1.89 bits per heavy atom. The second-order valence-electron chi connectivity index (χ2n) is 9.00. The predicted octanol–water partition coefficient (Wildman–Crippen LogP) is 4.33. The topological polar surface area (TPSA) is 113 Å². The fourth-order valence-electron chi connectivity index (χ4n) is 4.26. The van der Waals surface area contributed by atoms with Crippen molar-refractivity contribution < 1.29 is 27.5 Å². The van der Waals surface area contributed by atoms with Crippen LogP contribution in [-0.2, 0) is 21.6 Å². The number of hydrogen-bond acceptors (Lipinski definition) is 6. The lowest BCUT2D eigenvalue weighted by atomic mass is 10.1. The van der Waals surface area contributed by atoms with Crippen molar-refractivity contribution in [3.8, 4) is 17.2 Å². The van der Waals surface area contributed by atoms with Gasteiger partial charge in [-0.05, 0) is 62.9 Å². The molecule has 0 saturated carbocycles. The van der Waals surface area contributed by atoms with Crippen LogP contribution in [0.25, 0.3) is 11.5 Å². The van der Waals surface area contributed by atoms with Gasteiger partial charge in [0.05, 0.1) is 6.04 Å². The molecule has 0 bridgehead atoms. The van der Waals surface area contributed by atoms with E-state index in [1.807, 2.05) is 32.0 Å². The number of oxazole rings is 1. The number of benzene rings is 2. The molecule has 1 N–H and O–H groups in total. The molecule has 10 heteroatoms. The van der Waals surface area contributed by atoms with Crippen LogP contribution in [0.15, 0.2) is 53.1 Å². The lowest BCUT2D eigenvalue weighted by molar-refractivity contribution is -0.137. The highest BCUT2D eigenvalue weighted by molar-refractivity contribution is 7.86. The van der Waals surface area contributed by atoms with Gasteiger partial charge in [-0.2, -0.15) is 17.0 Å². The third-order valence-corrected chi connectivity index (χ3v) is 8.52. The first-order chi connectivity index (χ1) is 17.2. The third kappa shape index (κ3) is 5.61. The standard InChI is InChI=1S/C26H31N3O6S/c1-18-10-11-21(14-19(18)2)26-27-22(17-35-26)16-34-24-9-5-4-8-23(24)20(3)29(15-25(30)31)36(32,33)28-12-6-7-13-28/h4-5,8-11,14,17,20H,6-7,12-13,15-16H2,1-3H3,(H,30,31). The first kappa shape index (κ1) is 25.9. The Kier molecular flexibility index (Phi) is 7.77. The van der Waals surface area contributed by atoms with Crippen molar-refractivity contribution in [2.45, 2.75) is 46.3 Å². The number of carboxylic acids is 1. The van der Waals surface area contributed by atoms with Crippen molar-refractivity contribution in [2.24, 2.45) is 0 Å². The van der Waals surface area contributed by atoms with Crippen LogP contribution in [0.1, 0.15) is 48.2 Å². The van der Waals surface area contributed by atoms with Gasteiger partial charge in [0, 0.05) is 24.2 Å². The average molecular weight is 514 g/mol. The van der Waals surface area contributed by atoms with E-state index in [4.69, 9.17) is 9.15 Å². The average Bonchev–Trinajstić information content (AvgIpc) is 3.56. The van der Waals surface area contributed by atoms with Crippen molar-refractivity contribution in [3.05, 3.63) is 71.1 Å². The molecule has 1 saturated heterocycles. The summed E-state index contributed by atoms with van der Waals surface area (Å²) < 4.78 is 40.6. The predicted molar refractivity (Wildman–Crippen MR) is 135 cm³/mol. The molecule has 1 atom stereocenters. The lowest BCUT2D eigenvalue weighted by Gasteiger charge is -2.31. The summed E-state index contributed by atoms with van der Waals surface area (Å²) in [4.78, 5) is 16.1. The van der Waals surface area contributed by atoms with E-state index in [1.54, 1.807) is 31.2 Å². The molecule has 1 aliphatic heterocycles. The minimum Gasteiger partial charge on any atom is -0.487 e. The Balaban J connectivity index is 1.54. The quantitative estimate of drug-likeness (QED) is 0.429. The fraction of sp³-hybridized carbons (Fsp3) is 0.385. The van der Waals surface area contributed by atoms with Gasteiger partial charge in [-0.3, -0.25) is 4.79 Å². The van der Waals surface area contributed by atoms with Gasteiger partial charge in [0.25, 0.3) is 10.2 Å². The SMILES string of the molecule is Cc1ccc(-c2nc(COc3ccccc3C(C)N(CC(=O)O)S(=O)(=O)N3CCCC3)co2)cc1C. The molecule has 1 fully saturated rings. The zero-order chi connectivity index (χ0) is 25.9. The monoisotopic (exact) mass is 513 g/mol. The number of aromatic nitrogens is 1. The summed E-state index contributed by atoms with van der Waals surface area (Å²) in [6.45, 7) is 5.98. The molecule has 1 aromatic heterocycles. The highest BCUT2D eigenvalue weighted by Crippen LogP contribution is 2.33. The van der Waals surface area contributed by atoms with E-state index in [-0.39, 0.29) is 6.61 Å². The number of ether oxygens (including phenoxy) is 1. The largest absolute Gasteiger partial charge is 0.487 e. The molecule has 2 heterocycles. The maximum absolute atomic E-state index is 13.3. The van der Waals surface area contributed by atoms with Gasteiger partial charge in [-0.1, -0.05) is 24.3 Å². The Morgan fingerprint density at radius 1 is 1.17 bits per heavy atom. The van der Waals surface area contributed by atoms with Gasteiger partial charge in [0.15, 0.2) is 0 Å². The van der Waals surface area contributed by atoms with Gasteiger partial charge >= 0.3 is 5.97 Å². The van der Waals surface area contributed by atoms with Gasteiger partial charge in [0.1, 0.15) is 30.9 Å². The van der Waals surface area contributed by atoms with Gasteiger partial charge < -0.3 is 14.3 Å². The number of nitrogens with zero attached hydrogens (tertiary/aromatic N) is 3. The summed E-state index contributed by atoms with van der Waals surface area (Å²) >= 11 is 0. The molecule has 0 spiro atoms. The minimum atomic E-state index is -3.96. The maximum Gasteiger partial charge on any atom is 0.318 e. The van der Waals surface area contributed by atoms with Crippen LogP contribution in [0.4, 0.5) is 0 Å². The van der Waals surface area contributed by atoms with Crippen molar-refractivity contribution in [1.29, 1.82) is 0 Å². The molecular formula is C26H31N3O6S. The van der Waals surface area contributed by atoms with Crippen molar-refractivity contribution >= 4 is 16.2 Å². The maximum atomic E-state index is 13.3. The molecule has 0 amide bonds. The summed E-state index contributed by atoms with van der Waals surface area (Å²) in [6.07, 6.45) is 3.05. The van der Waals surface area contributed by atoms with Crippen molar-refractivity contribution in [3.63, 3.8) is 0 Å². The highest BCUT2D eigenvalue weighted by atomic mass is 32.2. The summed E-state index contributed by atoms with van der Waals surface area (Å²) in [5, 5.41) is 9.46. The van der Waals surface area contributed by atoms with E-state index in [9.17, 15) is 18.3 Å². The second kappa shape index (κ2) is 10.8. The fourth-order valence-corrected chi connectivity index (χ4v) is 6.07. The number of aliphatic carboxylic acids is 1. The molecule has 0 radical (unpaired) electrons. The van der Waals surface area contributed by atoms with Crippen LogP contribution < -0.4 is 4.74 Å². The number of para-hydroxylation sites is 1. The number of carboxylic acid groups (broad SMARTS) is 1. The first-order valence-corrected chi connectivity index (χ1v) is 13.3. The molecule has 36 heavy (non-hydrogen) atoms. The van der Waals surface area contributed by atoms with Crippen LogP contribution in [0.5, 0.6) is 5.75 Å². The normalized spacial score (nSPS) is 15.3. The van der Waals surface area contributed by atoms with Gasteiger partial charge in [0.2, 0.25) is 5.89 Å². The summed E-state index contributed by atoms with van der Waals surface area (Å²) in [7, 11) is -3.96. The number of aryl methyl sites for hydroxylation is 2.